The molecule has 136 valence electrons. The number of hydrogen-bond donors (Lipinski definition) is 1. The van der Waals surface area contributed by atoms with Crippen LogP contribution >= 0.6 is 0 Å². The number of ether oxygens (including phenoxy) is 2. The lowest BCUT2D eigenvalue weighted by molar-refractivity contribution is -0.217. The Balaban J connectivity index is 3.39. The highest BCUT2D eigenvalue weighted by atomic mass is 32.2. The number of nitrogens with one attached hydrogen (secondary N) is 1. The second kappa shape index (κ2) is 7.49. The Bertz CT molecular complexity index is 673. The summed E-state index contributed by atoms with van der Waals surface area (Å²) in [7, 11) is -3.74. The van der Waals surface area contributed by atoms with Crippen LogP contribution in [0, 0.1) is 6.92 Å². The van der Waals surface area contributed by atoms with E-state index in [9.17, 15) is 26.4 Å². The molecule has 0 spiro atoms. The van der Waals surface area contributed by atoms with Gasteiger partial charge in [0.15, 0.2) is 0 Å². The van der Waals surface area contributed by atoms with Crippen LogP contribution in [0.4, 0.5) is 13.2 Å². The summed E-state index contributed by atoms with van der Waals surface area (Å²) in [4.78, 5) is 11.5. The molecule has 0 saturated carbocycles. The second-order valence-electron chi connectivity index (χ2n) is 4.98. The fourth-order valence-corrected chi connectivity index (χ4v) is 3.19. The molecule has 0 unspecified atom stereocenters. The molecule has 1 aromatic rings. The van der Waals surface area contributed by atoms with Crippen molar-refractivity contribution in [3.63, 3.8) is 0 Å². The molecule has 0 bridgehead atoms. The Hall–Kier alpha value is -1.65. The number of alkyl halides is 3. The Morgan fingerprint density at radius 3 is 2.17 bits per heavy atom. The van der Waals surface area contributed by atoms with Crippen molar-refractivity contribution in [3.05, 3.63) is 29.8 Å². The summed E-state index contributed by atoms with van der Waals surface area (Å²) in [5, 5.41) is 0. The van der Waals surface area contributed by atoms with Gasteiger partial charge in [-0.05, 0) is 26.0 Å². The van der Waals surface area contributed by atoms with E-state index in [4.69, 9.17) is 0 Å². The fraction of sp³-hybridized carbons (Fsp3) is 0.500. The second-order valence-corrected chi connectivity index (χ2v) is 6.66. The number of benzene rings is 1. The zero-order valence-corrected chi connectivity index (χ0v) is 14.1. The van der Waals surface area contributed by atoms with Gasteiger partial charge in [0.1, 0.15) is 0 Å². The molecule has 1 rings (SSSR count). The largest absolute Gasteiger partial charge is 0.464 e. The van der Waals surface area contributed by atoms with Crippen molar-refractivity contribution < 1.29 is 35.9 Å². The molecule has 1 aromatic carbocycles. The highest BCUT2D eigenvalue weighted by molar-refractivity contribution is 7.89. The predicted octanol–water partition coefficient (Wildman–Crippen LogP) is 1.78. The maximum Gasteiger partial charge on any atom is 0.420 e. The van der Waals surface area contributed by atoms with Gasteiger partial charge in [0, 0.05) is 7.11 Å². The third-order valence-corrected chi connectivity index (χ3v) is 4.62. The summed E-state index contributed by atoms with van der Waals surface area (Å²) >= 11 is 0. The summed E-state index contributed by atoms with van der Waals surface area (Å²) in [5.41, 5.74) is -2.82. The molecule has 0 saturated heterocycles. The number of sulfonamides is 1. The van der Waals surface area contributed by atoms with Crippen molar-refractivity contribution >= 4 is 16.0 Å². The van der Waals surface area contributed by atoms with E-state index in [0.29, 0.717) is 0 Å². The minimum atomic E-state index is -5.27. The van der Waals surface area contributed by atoms with Crippen LogP contribution in [0.5, 0.6) is 0 Å². The molecule has 0 amide bonds. The minimum absolute atomic E-state index is 0.355. The lowest BCUT2D eigenvalue weighted by Gasteiger charge is -2.33. The van der Waals surface area contributed by atoms with Crippen LogP contribution < -0.4 is 4.72 Å². The first-order chi connectivity index (χ1) is 11.0. The van der Waals surface area contributed by atoms with Crippen molar-refractivity contribution in [1.82, 2.24) is 4.72 Å². The molecule has 10 heteroatoms. The number of hydrogen-bond acceptors (Lipinski definition) is 5. The molecule has 0 fully saturated rings. The van der Waals surface area contributed by atoms with Gasteiger partial charge in [0.25, 0.3) is 0 Å². The average molecular weight is 369 g/mol. The fourth-order valence-electron chi connectivity index (χ4n) is 1.86. The third-order valence-electron chi connectivity index (χ3n) is 3.11. The molecule has 0 aliphatic heterocycles. The first kappa shape index (κ1) is 20.4. The zero-order valence-electron chi connectivity index (χ0n) is 13.3. The van der Waals surface area contributed by atoms with Crippen LogP contribution in [-0.2, 0) is 24.3 Å². The molecular weight excluding hydrogens is 351 g/mol. The SMILES string of the molecule is CCOC(=O)[C@](COC)(NS(=O)(=O)c1ccc(C)cc1)C(F)(F)F. The van der Waals surface area contributed by atoms with E-state index in [-0.39, 0.29) is 6.61 Å². The summed E-state index contributed by atoms with van der Waals surface area (Å²) < 4.78 is 75.5. The lowest BCUT2D eigenvalue weighted by Crippen LogP contribution is -2.67. The van der Waals surface area contributed by atoms with Crippen molar-refractivity contribution in [2.75, 3.05) is 20.3 Å². The van der Waals surface area contributed by atoms with Crippen molar-refractivity contribution in [2.45, 2.75) is 30.5 Å². The molecule has 24 heavy (non-hydrogen) atoms. The van der Waals surface area contributed by atoms with E-state index in [2.05, 4.69) is 9.47 Å². The van der Waals surface area contributed by atoms with E-state index in [1.54, 1.807) is 6.92 Å². The molecule has 0 aliphatic rings. The average Bonchev–Trinajstić information content (AvgIpc) is 2.46. The van der Waals surface area contributed by atoms with Gasteiger partial charge in [0.2, 0.25) is 15.6 Å². The number of carbonyl (C=O) groups excluding carboxylic acids is 1. The minimum Gasteiger partial charge on any atom is -0.464 e. The third kappa shape index (κ3) is 4.25. The van der Waals surface area contributed by atoms with Gasteiger partial charge in [-0.2, -0.15) is 17.9 Å². The summed E-state index contributed by atoms with van der Waals surface area (Å²) in [6.45, 7) is 1.38. The quantitative estimate of drug-likeness (QED) is 0.741. The first-order valence-corrected chi connectivity index (χ1v) is 8.32. The molecular formula is C14H18F3NO5S. The highest BCUT2D eigenvalue weighted by Crippen LogP contribution is 2.33. The summed E-state index contributed by atoms with van der Waals surface area (Å²) in [5.74, 6) is -1.78. The molecule has 1 N–H and O–H groups in total. The molecule has 0 radical (unpaired) electrons. The smallest absolute Gasteiger partial charge is 0.420 e. The van der Waals surface area contributed by atoms with Gasteiger partial charge in [-0.25, -0.2) is 13.2 Å². The van der Waals surface area contributed by atoms with Crippen LogP contribution in [0.15, 0.2) is 29.2 Å². The standard InChI is InChI=1S/C14H18F3NO5S/c1-4-23-12(19)13(9-22-3,14(15,16)17)18-24(20,21)11-7-5-10(2)6-8-11/h5-8,18H,4,9H2,1-3H3/t13-/m0/s1. The van der Waals surface area contributed by atoms with Crippen LogP contribution in [0.3, 0.4) is 0 Å². The van der Waals surface area contributed by atoms with Gasteiger partial charge < -0.3 is 9.47 Å². The number of aryl methyl sites for hydroxylation is 1. The van der Waals surface area contributed by atoms with Crippen LogP contribution in [0.1, 0.15) is 12.5 Å². The monoisotopic (exact) mass is 369 g/mol. The van der Waals surface area contributed by atoms with Crippen LogP contribution in [0.25, 0.3) is 0 Å². The molecule has 6 nitrogen and oxygen atoms in total. The topological polar surface area (TPSA) is 81.7 Å². The number of esters is 1. The van der Waals surface area contributed by atoms with E-state index in [1.807, 2.05) is 0 Å². The van der Waals surface area contributed by atoms with E-state index in [0.717, 1.165) is 24.8 Å². The predicted molar refractivity (Wildman–Crippen MR) is 78.8 cm³/mol. The molecule has 0 aliphatic carbocycles. The molecule has 1 atom stereocenters. The summed E-state index contributed by atoms with van der Waals surface area (Å²) in [6.07, 6.45) is -5.27. The summed E-state index contributed by atoms with van der Waals surface area (Å²) in [6, 6.07) is 5.11. The van der Waals surface area contributed by atoms with Gasteiger partial charge in [-0.3, -0.25) is 0 Å². The zero-order chi connectivity index (χ0) is 18.6. The number of methoxy groups -OCH3 is 1. The Morgan fingerprint density at radius 2 is 1.75 bits per heavy atom. The number of carbonyl (C=O) groups is 1. The van der Waals surface area contributed by atoms with E-state index >= 15 is 0 Å². The Kier molecular flexibility index (Phi) is 6.37. The van der Waals surface area contributed by atoms with E-state index < -0.39 is 39.2 Å². The normalized spacial score (nSPS) is 14.9. The molecule has 0 aromatic heterocycles. The highest BCUT2D eigenvalue weighted by Gasteiger charge is 2.64. The van der Waals surface area contributed by atoms with Crippen molar-refractivity contribution in [2.24, 2.45) is 0 Å². The van der Waals surface area contributed by atoms with Crippen LogP contribution in [-0.4, -0.2) is 46.4 Å². The van der Waals surface area contributed by atoms with Gasteiger partial charge in [-0.15, -0.1) is 0 Å². The van der Waals surface area contributed by atoms with E-state index in [1.165, 1.54) is 23.8 Å². The van der Waals surface area contributed by atoms with Gasteiger partial charge in [-0.1, -0.05) is 17.7 Å². The number of rotatable bonds is 7. The van der Waals surface area contributed by atoms with Gasteiger partial charge >= 0.3 is 12.1 Å². The van der Waals surface area contributed by atoms with Crippen LogP contribution in [0.2, 0.25) is 0 Å². The lowest BCUT2D eigenvalue weighted by atomic mass is 10.0. The van der Waals surface area contributed by atoms with Gasteiger partial charge in [0.05, 0.1) is 18.1 Å². The van der Waals surface area contributed by atoms with Crippen molar-refractivity contribution in [3.8, 4) is 0 Å². The maximum atomic E-state index is 13.5. The van der Waals surface area contributed by atoms with Crippen molar-refractivity contribution in [1.29, 1.82) is 0 Å². The first-order valence-electron chi connectivity index (χ1n) is 6.83. The Labute approximate surface area is 138 Å². The maximum absolute atomic E-state index is 13.5. The molecule has 0 heterocycles. The number of halogens is 3. The Morgan fingerprint density at radius 1 is 1.21 bits per heavy atom.